The van der Waals surface area contributed by atoms with Crippen LogP contribution < -0.4 is 4.74 Å². The predicted octanol–water partition coefficient (Wildman–Crippen LogP) is 3.35. The quantitative estimate of drug-likeness (QED) is 0.928. The topological polar surface area (TPSA) is 46.5 Å². The van der Waals surface area contributed by atoms with Crippen LogP contribution in [0.2, 0.25) is 0 Å². The molecule has 1 rings (SSSR count). The Kier molecular flexibility index (Phi) is 4.14. The summed E-state index contributed by atoms with van der Waals surface area (Å²) in [4.78, 5) is 10.8. The van der Waals surface area contributed by atoms with Gasteiger partial charge in [-0.3, -0.25) is 4.79 Å². The molecule has 0 aliphatic rings. The lowest BCUT2D eigenvalue weighted by Crippen LogP contribution is -2.24. The van der Waals surface area contributed by atoms with Crippen LogP contribution >= 0.6 is 15.9 Å². The van der Waals surface area contributed by atoms with Crippen molar-refractivity contribution in [1.82, 2.24) is 0 Å². The van der Waals surface area contributed by atoms with Crippen LogP contribution in [0.5, 0.6) is 5.75 Å². The minimum Gasteiger partial charge on any atom is -0.494 e. The van der Waals surface area contributed by atoms with Gasteiger partial charge in [-0.05, 0) is 12.1 Å². The maximum absolute atomic E-state index is 14.1. The summed E-state index contributed by atoms with van der Waals surface area (Å²) in [5.74, 6) is -1.38. The Bertz CT molecular complexity index is 444. The highest BCUT2D eigenvalue weighted by Crippen LogP contribution is 2.38. The molecule has 0 heterocycles. The number of hydrogen-bond acceptors (Lipinski definition) is 2. The van der Waals surface area contributed by atoms with Crippen molar-refractivity contribution in [2.45, 2.75) is 25.7 Å². The number of benzene rings is 1. The number of hydrogen-bond donors (Lipinski definition) is 1. The minimum absolute atomic E-state index is 0.113. The summed E-state index contributed by atoms with van der Waals surface area (Å²) in [5.41, 5.74) is -0.497. The zero-order valence-electron chi connectivity index (χ0n) is 9.88. The Morgan fingerprint density at radius 3 is 2.59 bits per heavy atom. The molecule has 0 aromatic heterocycles. The van der Waals surface area contributed by atoms with E-state index in [0.717, 1.165) is 0 Å². The molecule has 0 saturated carbocycles. The fraction of sp³-hybridized carbons (Fsp3) is 0.417. The van der Waals surface area contributed by atoms with E-state index in [4.69, 9.17) is 9.84 Å². The number of carboxylic acid groups (broad SMARTS) is 1. The average Bonchev–Trinajstić information content (AvgIpc) is 2.15. The summed E-state index contributed by atoms with van der Waals surface area (Å²) in [5, 5.41) is 8.85. The van der Waals surface area contributed by atoms with Gasteiger partial charge in [-0.1, -0.05) is 29.8 Å². The van der Waals surface area contributed by atoms with Gasteiger partial charge in [0.05, 0.1) is 13.5 Å². The standard InChI is InChI=1S/C12H14BrFO3/c1-12(2,6-9(15)16)10-7(13)4-5-8(17-3)11(10)14/h4-5H,6H2,1-3H3,(H,15,16). The minimum atomic E-state index is -0.968. The van der Waals surface area contributed by atoms with Gasteiger partial charge in [0.15, 0.2) is 11.6 Å². The summed E-state index contributed by atoms with van der Waals surface area (Å²) in [6, 6.07) is 3.15. The first-order valence-corrected chi connectivity index (χ1v) is 5.83. The molecule has 0 saturated heterocycles. The van der Waals surface area contributed by atoms with Crippen LogP contribution in [0.25, 0.3) is 0 Å². The van der Waals surface area contributed by atoms with Gasteiger partial charge in [0.25, 0.3) is 0 Å². The highest BCUT2D eigenvalue weighted by atomic mass is 79.9. The maximum Gasteiger partial charge on any atom is 0.304 e. The second-order valence-corrected chi connectivity index (χ2v) is 5.25. The van der Waals surface area contributed by atoms with E-state index in [1.165, 1.54) is 13.2 Å². The van der Waals surface area contributed by atoms with E-state index in [0.29, 0.717) is 10.0 Å². The molecule has 0 fully saturated rings. The summed E-state index contributed by atoms with van der Waals surface area (Å²) < 4.78 is 19.6. The van der Waals surface area contributed by atoms with Gasteiger partial charge in [0.2, 0.25) is 0 Å². The molecule has 0 aliphatic carbocycles. The van der Waals surface area contributed by atoms with E-state index in [2.05, 4.69) is 15.9 Å². The maximum atomic E-state index is 14.1. The number of ether oxygens (including phenoxy) is 1. The van der Waals surface area contributed by atoms with Gasteiger partial charge >= 0.3 is 5.97 Å². The van der Waals surface area contributed by atoms with Crippen molar-refractivity contribution >= 4 is 21.9 Å². The number of rotatable bonds is 4. The molecule has 1 aromatic rings. The molecule has 0 atom stereocenters. The Morgan fingerprint density at radius 2 is 2.12 bits per heavy atom. The largest absolute Gasteiger partial charge is 0.494 e. The zero-order valence-corrected chi connectivity index (χ0v) is 11.5. The Hall–Kier alpha value is -1.10. The lowest BCUT2D eigenvalue weighted by Gasteiger charge is -2.25. The number of carbonyl (C=O) groups is 1. The van der Waals surface area contributed by atoms with Crippen LogP contribution in [-0.4, -0.2) is 18.2 Å². The van der Waals surface area contributed by atoms with E-state index in [-0.39, 0.29) is 12.2 Å². The molecule has 1 aromatic carbocycles. The van der Waals surface area contributed by atoms with Gasteiger partial charge in [-0.25, -0.2) is 4.39 Å². The van der Waals surface area contributed by atoms with E-state index in [1.807, 2.05) is 0 Å². The monoisotopic (exact) mass is 304 g/mol. The smallest absolute Gasteiger partial charge is 0.304 e. The Morgan fingerprint density at radius 1 is 1.53 bits per heavy atom. The third-order valence-corrected chi connectivity index (χ3v) is 3.21. The highest BCUT2D eigenvalue weighted by molar-refractivity contribution is 9.10. The lowest BCUT2D eigenvalue weighted by atomic mass is 9.81. The first kappa shape index (κ1) is 14.0. The molecule has 0 amide bonds. The molecule has 0 radical (unpaired) electrons. The van der Waals surface area contributed by atoms with Crippen molar-refractivity contribution in [3.63, 3.8) is 0 Å². The van der Waals surface area contributed by atoms with Crippen molar-refractivity contribution < 1.29 is 19.0 Å². The summed E-state index contributed by atoms with van der Waals surface area (Å²) >= 11 is 3.25. The SMILES string of the molecule is COc1ccc(Br)c(C(C)(C)CC(=O)O)c1F. The lowest BCUT2D eigenvalue weighted by molar-refractivity contribution is -0.138. The van der Waals surface area contributed by atoms with Crippen molar-refractivity contribution in [2.24, 2.45) is 0 Å². The van der Waals surface area contributed by atoms with Crippen LogP contribution in [0, 0.1) is 5.82 Å². The van der Waals surface area contributed by atoms with Crippen molar-refractivity contribution in [2.75, 3.05) is 7.11 Å². The van der Waals surface area contributed by atoms with Crippen LogP contribution in [0.1, 0.15) is 25.8 Å². The van der Waals surface area contributed by atoms with E-state index < -0.39 is 17.2 Å². The van der Waals surface area contributed by atoms with Crippen LogP contribution in [0.15, 0.2) is 16.6 Å². The van der Waals surface area contributed by atoms with Crippen LogP contribution in [-0.2, 0) is 10.2 Å². The predicted molar refractivity (Wildman–Crippen MR) is 65.9 cm³/mol. The Balaban J connectivity index is 3.33. The second-order valence-electron chi connectivity index (χ2n) is 4.39. The third-order valence-electron chi connectivity index (χ3n) is 2.55. The zero-order chi connectivity index (χ0) is 13.2. The first-order valence-electron chi connectivity index (χ1n) is 5.04. The van der Waals surface area contributed by atoms with Gasteiger partial charge in [0.1, 0.15) is 0 Å². The van der Waals surface area contributed by atoms with E-state index >= 15 is 0 Å². The molecule has 0 unspecified atom stereocenters. The molecule has 3 nitrogen and oxygen atoms in total. The number of methoxy groups -OCH3 is 1. The fourth-order valence-corrected chi connectivity index (χ4v) is 2.62. The third kappa shape index (κ3) is 2.97. The number of halogens is 2. The molecule has 1 N–H and O–H groups in total. The molecule has 17 heavy (non-hydrogen) atoms. The number of aliphatic carboxylic acids is 1. The van der Waals surface area contributed by atoms with Gasteiger partial charge in [0, 0.05) is 15.5 Å². The molecule has 0 spiro atoms. The van der Waals surface area contributed by atoms with Gasteiger partial charge in [-0.15, -0.1) is 0 Å². The molecule has 5 heteroatoms. The van der Waals surface area contributed by atoms with E-state index in [9.17, 15) is 9.18 Å². The van der Waals surface area contributed by atoms with Crippen molar-refractivity contribution in [3.05, 3.63) is 28.0 Å². The van der Waals surface area contributed by atoms with Crippen LogP contribution in [0.4, 0.5) is 4.39 Å². The molecule has 0 bridgehead atoms. The highest BCUT2D eigenvalue weighted by Gasteiger charge is 2.31. The van der Waals surface area contributed by atoms with E-state index in [1.54, 1.807) is 19.9 Å². The first-order chi connectivity index (χ1) is 7.79. The normalized spacial score (nSPS) is 11.4. The van der Waals surface area contributed by atoms with Crippen LogP contribution in [0.3, 0.4) is 0 Å². The van der Waals surface area contributed by atoms with Gasteiger partial charge < -0.3 is 9.84 Å². The fourth-order valence-electron chi connectivity index (χ4n) is 1.78. The average molecular weight is 305 g/mol. The second kappa shape index (κ2) is 5.04. The molecule has 0 aliphatic heterocycles. The summed E-state index contributed by atoms with van der Waals surface area (Å²) in [6.45, 7) is 3.37. The van der Waals surface area contributed by atoms with Gasteiger partial charge in [-0.2, -0.15) is 0 Å². The summed E-state index contributed by atoms with van der Waals surface area (Å²) in [6.07, 6.45) is -0.157. The summed E-state index contributed by atoms with van der Waals surface area (Å²) in [7, 11) is 1.38. The van der Waals surface area contributed by atoms with Crippen molar-refractivity contribution in [3.8, 4) is 5.75 Å². The molecule has 94 valence electrons. The van der Waals surface area contributed by atoms with Crippen molar-refractivity contribution in [1.29, 1.82) is 0 Å². The molecular formula is C12H14BrFO3. The Labute approximate surface area is 108 Å². The number of carboxylic acids is 1. The molecular weight excluding hydrogens is 291 g/mol.